The van der Waals surface area contributed by atoms with E-state index in [0.29, 0.717) is 32.2 Å². The molecule has 1 amide bonds. The van der Waals surface area contributed by atoms with Crippen LogP contribution in [0.15, 0.2) is 4.42 Å². The highest BCUT2D eigenvalue weighted by Crippen LogP contribution is 2.30. The molecule has 28 heavy (non-hydrogen) atoms. The second kappa shape index (κ2) is 8.21. The van der Waals surface area contributed by atoms with Gasteiger partial charge in [-0.05, 0) is 19.3 Å². The lowest BCUT2D eigenvalue weighted by Gasteiger charge is -2.26. The van der Waals surface area contributed by atoms with Gasteiger partial charge >= 0.3 is 0 Å². The largest absolute Gasteiger partial charge is 0.445 e. The highest BCUT2D eigenvalue weighted by molar-refractivity contribution is 7.17. The normalized spacial score (nSPS) is 17.3. The Hall–Kier alpha value is -1.93. The minimum Gasteiger partial charge on any atom is -0.445 e. The third kappa shape index (κ3) is 4.07. The summed E-state index contributed by atoms with van der Waals surface area (Å²) in [6.07, 6.45) is 2.64. The minimum absolute atomic E-state index is 0.0480. The average molecular weight is 405 g/mol. The van der Waals surface area contributed by atoms with Gasteiger partial charge in [0.15, 0.2) is 11.0 Å². The second-order valence-electron chi connectivity index (χ2n) is 7.90. The monoisotopic (exact) mass is 404 g/mol. The van der Waals surface area contributed by atoms with Crippen LogP contribution in [0.1, 0.15) is 53.0 Å². The van der Waals surface area contributed by atoms with Crippen LogP contribution in [0.2, 0.25) is 0 Å². The van der Waals surface area contributed by atoms with Gasteiger partial charge in [0.05, 0.1) is 25.5 Å². The molecule has 2 aliphatic heterocycles. The first-order valence-electron chi connectivity index (χ1n) is 10.1. The molecule has 0 aromatic carbocycles. The van der Waals surface area contributed by atoms with Gasteiger partial charge in [-0.15, -0.1) is 0 Å². The van der Waals surface area contributed by atoms with Gasteiger partial charge < -0.3 is 19.0 Å². The van der Waals surface area contributed by atoms with Crippen molar-refractivity contribution >= 4 is 22.4 Å². The van der Waals surface area contributed by atoms with E-state index in [-0.39, 0.29) is 5.91 Å². The highest BCUT2D eigenvalue weighted by atomic mass is 32.1. The van der Waals surface area contributed by atoms with E-state index in [1.54, 1.807) is 0 Å². The van der Waals surface area contributed by atoms with Crippen molar-refractivity contribution in [3.8, 4) is 0 Å². The van der Waals surface area contributed by atoms with Gasteiger partial charge in [0.1, 0.15) is 16.3 Å². The molecule has 0 N–H and O–H groups in total. The fourth-order valence-electron chi connectivity index (χ4n) is 3.56. The van der Waals surface area contributed by atoms with Gasteiger partial charge in [-0.2, -0.15) is 0 Å². The number of fused-ring (bicyclic) bond motifs is 1. The van der Waals surface area contributed by atoms with E-state index in [9.17, 15) is 4.79 Å². The van der Waals surface area contributed by atoms with E-state index in [4.69, 9.17) is 9.15 Å². The molecule has 7 nitrogen and oxygen atoms in total. The molecular formula is C20H28N4O3S. The Balaban J connectivity index is 1.45. The van der Waals surface area contributed by atoms with Crippen LogP contribution < -0.4 is 4.90 Å². The van der Waals surface area contributed by atoms with E-state index < -0.39 is 0 Å². The Bertz CT molecular complexity index is 839. The SMILES string of the molecule is Cc1nc(N2CCOCC2)sc1C(=O)N1CCc2oc(CCC(C)C)nc2C1. The third-order valence-corrected chi connectivity index (χ3v) is 6.46. The number of hydrogen-bond donors (Lipinski definition) is 0. The molecule has 4 rings (SSSR count). The third-order valence-electron chi connectivity index (χ3n) is 5.26. The van der Waals surface area contributed by atoms with Crippen molar-refractivity contribution in [1.29, 1.82) is 0 Å². The molecule has 4 heterocycles. The van der Waals surface area contributed by atoms with Crippen LogP contribution in [-0.2, 0) is 24.1 Å². The van der Waals surface area contributed by atoms with Crippen molar-refractivity contribution in [1.82, 2.24) is 14.9 Å². The fraction of sp³-hybridized carbons (Fsp3) is 0.650. The van der Waals surface area contributed by atoms with Crippen molar-refractivity contribution < 1.29 is 13.9 Å². The van der Waals surface area contributed by atoms with Crippen LogP contribution in [0, 0.1) is 12.8 Å². The number of ether oxygens (including phenoxy) is 1. The summed E-state index contributed by atoms with van der Waals surface area (Å²) in [6.45, 7) is 10.6. The van der Waals surface area contributed by atoms with Crippen molar-refractivity contribution in [2.45, 2.75) is 46.6 Å². The van der Waals surface area contributed by atoms with Crippen LogP contribution in [0.4, 0.5) is 5.13 Å². The number of thiazole rings is 1. The number of amides is 1. The number of carbonyl (C=O) groups is 1. The lowest BCUT2D eigenvalue weighted by molar-refractivity contribution is 0.0732. The summed E-state index contributed by atoms with van der Waals surface area (Å²) < 4.78 is 11.3. The van der Waals surface area contributed by atoms with Crippen molar-refractivity contribution in [3.63, 3.8) is 0 Å². The minimum atomic E-state index is 0.0480. The number of aryl methyl sites for hydroxylation is 2. The summed E-state index contributed by atoms with van der Waals surface area (Å²) in [7, 11) is 0. The van der Waals surface area contributed by atoms with Crippen LogP contribution >= 0.6 is 11.3 Å². The zero-order chi connectivity index (χ0) is 19.7. The summed E-state index contributed by atoms with van der Waals surface area (Å²) in [5, 5.41) is 0.916. The zero-order valence-electron chi connectivity index (χ0n) is 16.9. The molecule has 0 atom stereocenters. The first-order valence-corrected chi connectivity index (χ1v) is 10.9. The molecule has 0 saturated carbocycles. The average Bonchev–Trinajstić information content (AvgIpc) is 3.29. The second-order valence-corrected chi connectivity index (χ2v) is 8.87. The van der Waals surface area contributed by atoms with Crippen molar-refractivity contribution in [2.75, 3.05) is 37.7 Å². The molecule has 152 valence electrons. The van der Waals surface area contributed by atoms with E-state index in [0.717, 1.165) is 65.4 Å². The molecule has 0 aliphatic carbocycles. The molecule has 2 aromatic rings. The number of aromatic nitrogens is 2. The predicted molar refractivity (Wildman–Crippen MR) is 108 cm³/mol. The van der Waals surface area contributed by atoms with Gasteiger partial charge in [-0.25, -0.2) is 9.97 Å². The molecule has 0 radical (unpaired) electrons. The van der Waals surface area contributed by atoms with Gasteiger partial charge in [-0.3, -0.25) is 4.79 Å². The number of anilines is 1. The van der Waals surface area contributed by atoms with Crippen LogP contribution in [0.5, 0.6) is 0 Å². The molecule has 2 aromatic heterocycles. The van der Waals surface area contributed by atoms with E-state index >= 15 is 0 Å². The summed E-state index contributed by atoms with van der Waals surface area (Å²) in [6, 6.07) is 0. The Kier molecular flexibility index (Phi) is 5.68. The van der Waals surface area contributed by atoms with E-state index in [2.05, 4.69) is 28.7 Å². The molecule has 8 heteroatoms. The number of hydrogen-bond acceptors (Lipinski definition) is 7. The fourth-order valence-corrected chi connectivity index (χ4v) is 4.65. The number of rotatable bonds is 5. The predicted octanol–water partition coefficient (Wildman–Crippen LogP) is 3.06. The molecule has 0 spiro atoms. The Morgan fingerprint density at radius 1 is 1.21 bits per heavy atom. The van der Waals surface area contributed by atoms with Crippen LogP contribution in [0.3, 0.4) is 0 Å². The Morgan fingerprint density at radius 3 is 2.75 bits per heavy atom. The molecule has 1 fully saturated rings. The summed E-state index contributed by atoms with van der Waals surface area (Å²) >= 11 is 1.49. The van der Waals surface area contributed by atoms with Gasteiger partial charge in [0.25, 0.3) is 5.91 Å². The van der Waals surface area contributed by atoms with Crippen LogP contribution in [0.25, 0.3) is 0 Å². The maximum atomic E-state index is 13.1. The lowest BCUT2D eigenvalue weighted by Crippen LogP contribution is -2.36. The standard InChI is InChI=1S/C20H28N4O3S/c1-13(2)4-5-17-22-15-12-24(7-6-16(15)27-17)19(25)18-14(3)21-20(28-18)23-8-10-26-11-9-23/h13H,4-12H2,1-3H3. The number of oxazole rings is 1. The topological polar surface area (TPSA) is 71.7 Å². The Labute approximate surface area is 169 Å². The van der Waals surface area contributed by atoms with Crippen molar-refractivity contribution in [3.05, 3.63) is 27.9 Å². The maximum Gasteiger partial charge on any atom is 0.266 e. The first kappa shape index (κ1) is 19.4. The molecule has 0 unspecified atom stereocenters. The zero-order valence-corrected chi connectivity index (χ0v) is 17.7. The van der Waals surface area contributed by atoms with Crippen LogP contribution in [-0.4, -0.2) is 53.6 Å². The van der Waals surface area contributed by atoms with Gasteiger partial charge in [0.2, 0.25) is 0 Å². The molecule has 2 aliphatic rings. The van der Waals surface area contributed by atoms with E-state index in [1.807, 2.05) is 11.8 Å². The van der Waals surface area contributed by atoms with Gasteiger partial charge in [0, 0.05) is 32.5 Å². The summed E-state index contributed by atoms with van der Waals surface area (Å²) in [4.78, 5) is 27.2. The van der Waals surface area contributed by atoms with Crippen molar-refractivity contribution in [2.24, 2.45) is 5.92 Å². The lowest BCUT2D eigenvalue weighted by atomic mass is 10.1. The molecular weight excluding hydrogens is 376 g/mol. The number of carbonyl (C=O) groups excluding carboxylic acids is 1. The summed E-state index contributed by atoms with van der Waals surface area (Å²) in [5.41, 5.74) is 1.72. The quantitative estimate of drug-likeness (QED) is 0.763. The maximum absolute atomic E-state index is 13.1. The Morgan fingerprint density at radius 2 is 2.00 bits per heavy atom. The smallest absolute Gasteiger partial charge is 0.266 e. The highest BCUT2D eigenvalue weighted by Gasteiger charge is 2.29. The van der Waals surface area contributed by atoms with Gasteiger partial charge in [-0.1, -0.05) is 25.2 Å². The summed E-state index contributed by atoms with van der Waals surface area (Å²) in [5.74, 6) is 2.42. The van der Waals surface area contributed by atoms with E-state index in [1.165, 1.54) is 11.3 Å². The number of morpholine rings is 1. The number of nitrogens with zero attached hydrogens (tertiary/aromatic N) is 4. The molecule has 1 saturated heterocycles. The molecule has 0 bridgehead atoms. The first-order chi connectivity index (χ1) is 13.5.